The molecule has 31 heavy (non-hydrogen) atoms. The summed E-state index contributed by atoms with van der Waals surface area (Å²) in [7, 11) is 0. The zero-order chi connectivity index (χ0) is 21.6. The van der Waals surface area contributed by atoms with E-state index in [4.69, 9.17) is 10.00 Å². The van der Waals surface area contributed by atoms with Crippen LogP contribution in [-0.4, -0.2) is 33.7 Å². The number of nitrogens with zero attached hydrogens (tertiary/aromatic N) is 5. The minimum absolute atomic E-state index is 0.209. The first-order valence-electron chi connectivity index (χ1n) is 10.0. The summed E-state index contributed by atoms with van der Waals surface area (Å²) in [6.07, 6.45) is 3.42. The number of rotatable bonds is 7. The van der Waals surface area contributed by atoms with Gasteiger partial charge in [-0.2, -0.15) is 10.4 Å². The number of hydrogen-bond acceptors (Lipinski definition) is 5. The number of aromatic nitrogens is 3. The van der Waals surface area contributed by atoms with Gasteiger partial charge in [0.2, 0.25) is 0 Å². The molecule has 0 spiro atoms. The predicted octanol–water partition coefficient (Wildman–Crippen LogP) is 4.36. The summed E-state index contributed by atoms with van der Waals surface area (Å²) in [6, 6.07) is 21.0. The average Bonchev–Trinajstić information content (AvgIpc) is 3.25. The average molecular weight is 411 g/mol. The number of nitriles is 1. The molecule has 0 bridgehead atoms. The molecule has 2 heterocycles. The number of ether oxygens (including phenoxy) is 1. The van der Waals surface area contributed by atoms with Crippen LogP contribution in [0.5, 0.6) is 5.75 Å². The van der Waals surface area contributed by atoms with Crippen molar-refractivity contribution in [2.24, 2.45) is 0 Å². The van der Waals surface area contributed by atoms with Crippen LogP contribution >= 0.6 is 0 Å². The van der Waals surface area contributed by atoms with E-state index in [0.717, 1.165) is 17.0 Å². The third kappa shape index (κ3) is 4.09. The number of fused-ring (bicyclic) bond motifs is 1. The molecule has 7 nitrogen and oxygen atoms in total. The van der Waals surface area contributed by atoms with Gasteiger partial charge in [0, 0.05) is 24.0 Å². The summed E-state index contributed by atoms with van der Waals surface area (Å²) in [5.74, 6) is 0.469. The molecule has 0 unspecified atom stereocenters. The second-order valence-electron chi connectivity index (χ2n) is 6.78. The van der Waals surface area contributed by atoms with Crippen molar-refractivity contribution in [2.45, 2.75) is 13.3 Å². The predicted molar refractivity (Wildman–Crippen MR) is 118 cm³/mol. The van der Waals surface area contributed by atoms with Gasteiger partial charge in [-0.1, -0.05) is 30.3 Å². The lowest BCUT2D eigenvalue weighted by molar-refractivity contribution is 0.0989. The first-order valence-corrected chi connectivity index (χ1v) is 10.0. The molecule has 0 N–H and O–H groups in total. The number of carbonyl (C=O) groups excluding carboxylic acids is 1. The van der Waals surface area contributed by atoms with Crippen LogP contribution < -0.4 is 9.64 Å². The Hall–Kier alpha value is -4.18. The van der Waals surface area contributed by atoms with Gasteiger partial charge in [-0.15, -0.1) is 0 Å². The van der Waals surface area contributed by atoms with Gasteiger partial charge in [0.1, 0.15) is 11.3 Å². The molecule has 0 saturated heterocycles. The third-order valence-corrected chi connectivity index (χ3v) is 4.85. The fraction of sp³-hybridized carbons (Fsp3) is 0.167. The zero-order valence-electron chi connectivity index (χ0n) is 17.1. The van der Waals surface area contributed by atoms with E-state index in [1.54, 1.807) is 15.6 Å². The molecule has 7 heteroatoms. The highest BCUT2D eigenvalue weighted by atomic mass is 16.5. The Bertz CT molecular complexity index is 1230. The van der Waals surface area contributed by atoms with Crippen molar-refractivity contribution in [1.29, 1.82) is 5.26 Å². The Labute approximate surface area is 180 Å². The SMILES string of the molecule is CCOc1ccc(N(CCC#N)C(=O)c2cnn3c(-c4ccccc4)ccnc23)cc1. The van der Waals surface area contributed by atoms with E-state index in [1.807, 2.05) is 67.6 Å². The van der Waals surface area contributed by atoms with Crippen LogP contribution in [0.4, 0.5) is 5.69 Å². The molecule has 0 saturated carbocycles. The van der Waals surface area contributed by atoms with Crippen LogP contribution in [0.3, 0.4) is 0 Å². The highest BCUT2D eigenvalue weighted by Gasteiger charge is 2.23. The second kappa shape index (κ2) is 9.09. The van der Waals surface area contributed by atoms with Crippen molar-refractivity contribution in [1.82, 2.24) is 14.6 Å². The summed E-state index contributed by atoms with van der Waals surface area (Å²) in [5.41, 5.74) is 3.35. The Morgan fingerprint density at radius 1 is 1.13 bits per heavy atom. The summed E-state index contributed by atoms with van der Waals surface area (Å²) in [4.78, 5) is 19.5. The molecule has 0 fully saturated rings. The van der Waals surface area contributed by atoms with Gasteiger partial charge < -0.3 is 9.64 Å². The maximum absolute atomic E-state index is 13.5. The van der Waals surface area contributed by atoms with Gasteiger partial charge in [0.05, 0.1) is 31.0 Å². The Morgan fingerprint density at radius 3 is 2.61 bits per heavy atom. The highest BCUT2D eigenvalue weighted by Crippen LogP contribution is 2.25. The van der Waals surface area contributed by atoms with Crippen molar-refractivity contribution in [3.8, 4) is 23.1 Å². The van der Waals surface area contributed by atoms with Gasteiger partial charge in [-0.05, 0) is 37.3 Å². The molecule has 0 radical (unpaired) electrons. The maximum Gasteiger partial charge on any atom is 0.263 e. The van der Waals surface area contributed by atoms with E-state index in [-0.39, 0.29) is 18.9 Å². The summed E-state index contributed by atoms with van der Waals surface area (Å²) in [5, 5.41) is 13.5. The van der Waals surface area contributed by atoms with E-state index >= 15 is 0 Å². The first-order chi connectivity index (χ1) is 15.2. The number of amides is 1. The van der Waals surface area contributed by atoms with Crippen molar-refractivity contribution in [2.75, 3.05) is 18.1 Å². The monoisotopic (exact) mass is 411 g/mol. The van der Waals surface area contributed by atoms with Crippen LogP contribution in [-0.2, 0) is 0 Å². The summed E-state index contributed by atoms with van der Waals surface area (Å²) in [6.45, 7) is 2.74. The molecule has 2 aromatic heterocycles. The molecule has 0 aliphatic carbocycles. The lowest BCUT2D eigenvalue weighted by Gasteiger charge is -2.21. The second-order valence-corrected chi connectivity index (χ2v) is 6.78. The molecule has 0 aliphatic rings. The molecule has 2 aromatic carbocycles. The molecule has 0 atom stereocenters. The van der Waals surface area contributed by atoms with Gasteiger partial charge in [-0.3, -0.25) is 4.79 Å². The molecular weight excluding hydrogens is 390 g/mol. The Kier molecular flexibility index (Phi) is 5.90. The Morgan fingerprint density at radius 2 is 1.90 bits per heavy atom. The molecule has 4 rings (SSSR count). The zero-order valence-corrected chi connectivity index (χ0v) is 17.1. The minimum atomic E-state index is -0.257. The van der Waals surface area contributed by atoms with Gasteiger partial charge >= 0.3 is 0 Å². The van der Waals surface area contributed by atoms with Crippen molar-refractivity contribution in [3.63, 3.8) is 0 Å². The lowest BCUT2D eigenvalue weighted by atomic mass is 10.1. The highest BCUT2D eigenvalue weighted by molar-refractivity contribution is 6.09. The van der Waals surface area contributed by atoms with Crippen LogP contribution in [0.1, 0.15) is 23.7 Å². The number of anilines is 1. The fourth-order valence-electron chi connectivity index (χ4n) is 3.41. The van der Waals surface area contributed by atoms with Crippen molar-refractivity contribution in [3.05, 3.63) is 78.6 Å². The van der Waals surface area contributed by atoms with E-state index in [1.165, 1.54) is 6.20 Å². The lowest BCUT2D eigenvalue weighted by Crippen LogP contribution is -2.31. The van der Waals surface area contributed by atoms with Crippen molar-refractivity contribution < 1.29 is 9.53 Å². The molecule has 4 aromatic rings. The maximum atomic E-state index is 13.5. The number of hydrogen-bond donors (Lipinski definition) is 0. The van der Waals surface area contributed by atoms with Crippen LogP contribution in [0, 0.1) is 11.3 Å². The summed E-state index contributed by atoms with van der Waals surface area (Å²) >= 11 is 0. The third-order valence-electron chi connectivity index (χ3n) is 4.85. The molecule has 1 amide bonds. The smallest absolute Gasteiger partial charge is 0.263 e. The van der Waals surface area contributed by atoms with Gasteiger partial charge in [0.15, 0.2) is 5.65 Å². The topological polar surface area (TPSA) is 83.5 Å². The van der Waals surface area contributed by atoms with Gasteiger partial charge in [0.25, 0.3) is 5.91 Å². The quantitative estimate of drug-likeness (QED) is 0.451. The largest absolute Gasteiger partial charge is 0.494 e. The number of benzene rings is 2. The summed E-state index contributed by atoms with van der Waals surface area (Å²) < 4.78 is 7.16. The minimum Gasteiger partial charge on any atom is -0.494 e. The van der Waals surface area contributed by atoms with E-state index < -0.39 is 0 Å². The Balaban J connectivity index is 1.72. The van der Waals surface area contributed by atoms with Crippen LogP contribution in [0.25, 0.3) is 16.9 Å². The van der Waals surface area contributed by atoms with Crippen molar-refractivity contribution >= 4 is 17.2 Å². The normalized spacial score (nSPS) is 10.6. The van der Waals surface area contributed by atoms with E-state index in [2.05, 4.69) is 16.2 Å². The molecule has 0 aliphatic heterocycles. The van der Waals surface area contributed by atoms with Gasteiger partial charge in [-0.25, -0.2) is 9.50 Å². The fourth-order valence-corrected chi connectivity index (χ4v) is 3.41. The number of carbonyl (C=O) groups is 1. The van der Waals surface area contributed by atoms with Crippen LogP contribution in [0.15, 0.2) is 73.1 Å². The van der Waals surface area contributed by atoms with Crippen LogP contribution in [0.2, 0.25) is 0 Å². The van der Waals surface area contributed by atoms with E-state index in [0.29, 0.717) is 23.5 Å². The first kappa shape index (κ1) is 20.1. The molecular formula is C24H21N5O2. The molecule has 154 valence electrons. The standard InChI is InChI=1S/C24H21N5O2/c1-2-31-20-11-9-19(10-12-20)28(16-6-14-25)24(30)21-17-27-29-22(13-15-26-23(21)29)18-7-4-3-5-8-18/h3-5,7-13,15,17H,2,6,16H2,1H3. The van der Waals surface area contributed by atoms with E-state index in [9.17, 15) is 4.79 Å².